The number of methoxy groups -OCH3 is 2. The number of nitrogens with zero attached hydrogens (tertiary/aromatic N) is 1. The van der Waals surface area contributed by atoms with E-state index in [-0.39, 0.29) is 35.8 Å². The van der Waals surface area contributed by atoms with E-state index in [0.29, 0.717) is 29.2 Å². The molecule has 2 saturated heterocycles. The topological polar surface area (TPSA) is 122 Å². The molecule has 196 valence electrons. The Morgan fingerprint density at radius 3 is 2.26 bits per heavy atom. The lowest BCUT2D eigenvalue weighted by Crippen LogP contribution is -2.49. The number of fused-ring (bicyclic) bond motifs is 4. The Hall–Kier alpha value is -4.14. The van der Waals surface area contributed by atoms with Gasteiger partial charge in [0.05, 0.1) is 43.1 Å². The number of allylic oxidation sites excluding steroid dienone is 2. The van der Waals surface area contributed by atoms with E-state index < -0.39 is 35.0 Å². The van der Waals surface area contributed by atoms with Crippen molar-refractivity contribution in [3.8, 4) is 17.2 Å². The predicted octanol–water partition coefficient (Wildman–Crippen LogP) is 2.93. The second-order valence-electron chi connectivity index (χ2n) is 10.6. The summed E-state index contributed by atoms with van der Waals surface area (Å²) >= 11 is 0. The first-order chi connectivity index (χ1) is 18.2. The number of para-hydroxylation sites is 1. The molecule has 2 aliphatic carbocycles. The Balaban J connectivity index is 1.61. The van der Waals surface area contributed by atoms with E-state index in [1.54, 1.807) is 31.2 Å². The molecular weight excluding hydrogens is 488 g/mol. The number of hydrogen-bond donors (Lipinski definition) is 2. The van der Waals surface area contributed by atoms with Gasteiger partial charge < -0.3 is 14.6 Å². The van der Waals surface area contributed by atoms with Crippen molar-refractivity contribution in [1.29, 1.82) is 0 Å². The van der Waals surface area contributed by atoms with Gasteiger partial charge in [0.25, 0.3) is 0 Å². The van der Waals surface area contributed by atoms with Crippen LogP contribution in [0, 0.1) is 29.1 Å². The molecule has 0 bridgehead atoms. The Kier molecular flexibility index (Phi) is 5.38. The molecule has 0 radical (unpaired) electrons. The average molecular weight is 517 g/mol. The Labute approximate surface area is 219 Å². The maximum Gasteiger partial charge on any atom is 0.241 e. The number of amides is 4. The maximum atomic E-state index is 14.4. The van der Waals surface area contributed by atoms with Crippen LogP contribution in [0.25, 0.3) is 0 Å². The van der Waals surface area contributed by atoms with Crippen molar-refractivity contribution in [3.63, 3.8) is 0 Å². The van der Waals surface area contributed by atoms with E-state index in [1.807, 2.05) is 12.1 Å². The van der Waals surface area contributed by atoms with E-state index >= 15 is 0 Å². The van der Waals surface area contributed by atoms with Crippen LogP contribution < -0.4 is 19.7 Å². The van der Waals surface area contributed by atoms with Crippen molar-refractivity contribution < 1.29 is 33.8 Å². The van der Waals surface area contributed by atoms with Gasteiger partial charge >= 0.3 is 0 Å². The molecule has 4 aliphatic rings. The van der Waals surface area contributed by atoms with Crippen LogP contribution in [0.5, 0.6) is 17.2 Å². The van der Waals surface area contributed by atoms with Crippen molar-refractivity contribution in [2.45, 2.75) is 25.7 Å². The Bertz CT molecular complexity index is 1390. The van der Waals surface area contributed by atoms with E-state index in [0.717, 1.165) is 5.57 Å². The number of benzene rings is 2. The number of aromatic hydroxyl groups is 1. The van der Waals surface area contributed by atoms with Crippen molar-refractivity contribution >= 4 is 29.3 Å². The van der Waals surface area contributed by atoms with Crippen LogP contribution in [0.4, 0.5) is 5.69 Å². The minimum absolute atomic E-state index is 0.0743. The molecule has 2 aliphatic heterocycles. The number of phenolic OH excluding ortho intramolecular Hbond substituents is 1. The number of anilines is 1. The summed E-state index contributed by atoms with van der Waals surface area (Å²) in [5.74, 6) is -3.83. The molecule has 0 spiro atoms. The molecule has 2 aromatic rings. The number of nitrogens with one attached hydrogen (secondary N) is 1. The summed E-state index contributed by atoms with van der Waals surface area (Å²) in [4.78, 5) is 55.2. The number of rotatable bonds is 4. The second-order valence-corrected chi connectivity index (χ2v) is 10.6. The van der Waals surface area contributed by atoms with E-state index in [9.17, 15) is 24.3 Å². The lowest BCUT2D eigenvalue weighted by atomic mass is 9.51. The number of carbonyl (C=O) groups is 4. The highest BCUT2D eigenvalue weighted by Crippen LogP contribution is 2.65. The summed E-state index contributed by atoms with van der Waals surface area (Å²) in [5.41, 5.74) is 0.576. The third-order valence-corrected chi connectivity index (χ3v) is 8.95. The fourth-order valence-electron chi connectivity index (χ4n) is 7.27. The van der Waals surface area contributed by atoms with Crippen molar-refractivity contribution in [3.05, 3.63) is 59.7 Å². The molecule has 9 nitrogen and oxygen atoms in total. The van der Waals surface area contributed by atoms with Crippen LogP contribution in [0.1, 0.15) is 31.2 Å². The molecule has 2 heterocycles. The quantitative estimate of drug-likeness (QED) is 0.473. The lowest BCUT2D eigenvalue weighted by molar-refractivity contribution is -0.131. The van der Waals surface area contributed by atoms with Crippen LogP contribution in [0.3, 0.4) is 0 Å². The van der Waals surface area contributed by atoms with E-state index in [1.165, 1.54) is 31.3 Å². The highest BCUT2D eigenvalue weighted by Gasteiger charge is 2.67. The molecule has 6 rings (SSSR count). The van der Waals surface area contributed by atoms with Gasteiger partial charge in [0.2, 0.25) is 23.6 Å². The molecule has 2 N–H and O–H groups in total. The van der Waals surface area contributed by atoms with Gasteiger partial charge in [0, 0.05) is 23.6 Å². The molecule has 2 aromatic carbocycles. The SMILES string of the molecule is COc1cc(O)cc(OC)c1[C@H]1C2=CC[C@@H]3C(=O)NC(=O)[C@@H]3[C@@H]2C[C@H]2C(=O)N(c3ccccc3)C(=O)[C@@]12C. The van der Waals surface area contributed by atoms with Gasteiger partial charge in [-0.1, -0.05) is 29.8 Å². The summed E-state index contributed by atoms with van der Waals surface area (Å²) in [6.07, 6.45) is 2.56. The zero-order chi connectivity index (χ0) is 26.9. The third-order valence-electron chi connectivity index (χ3n) is 8.95. The average Bonchev–Trinajstić information content (AvgIpc) is 3.31. The fourth-order valence-corrected chi connectivity index (χ4v) is 7.27. The van der Waals surface area contributed by atoms with Crippen molar-refractivity contribution in [2.24, 2.45) is 29.1 Å². The first-order valence-electron chi connectivity index (χ1n) is 12.6. The third kappa shape index (κ3) is 3.10. The summed E-state index contributed by atoms with van der Waals surface area (Å²) < 4.78 is 11.4. The van der Waals surface area contributed by atoms with Gasteiger partial charge in [-0.3, -0.25) is 24.5 Å². The fraction of sp³-hybridized carbons (Fsp3) is 0.379. The van der Waals surface area contributed by atoms with Crippen LogP contribution in [0.15, 0.2) is 54.1 Å². The predicted molar refractivity (Wildman–Crippen MR) is 135 cm³/mol. The van der Waals surface area contributed by atoms with Gasteiger partial charge in [-0.2, -0.15) is 0 Å². The summed E-state index contributed by atoms with van der Waals surface area (Å²) in [5, 5.41) is 12.8. The van der Waals surface area contributed by atoms with Gasteiger partial charge in [0.15, 0.2) is 0 Å². The summed E-state index contributed by atoms with van der Waals surface area (Å²) in [6, 6.07) is 11.7. The molecule has 9 heteroatoms. The maximum absolute atomic E-state index is 14.4. The summed E-state index contributed by atoms with van der Waals surface area (Å²) in [6.45, 7) is 1.79. The van der Waals surface area contributed by atoms with Crippen LogP contribution in [0.2, 0.25) is 0 Å². The smallest absolute Gasteiger partial charge is 0.241 e. The number of hydrogen-bond acceptors (Lipinski definition) is 7. The van der Waals surface area contributed by atoms with Gasteiger partial charge in [-0.05, 0) is 37.8 Å². The molecule has 0 aromatic heterocycles. The number of phenols is 1. The van der Waals surface area contributed by atoms with E-state index in [2.05, 4.69) is 5.32 Å². The molecular formula is C29H28N2O7. The van der Waals surface area contributed by atoms with Gasteiger partial charge in [0.1, 0.15) is 17.2 Å². The van der Waals surface area contributed by atoms with Crippen molar-refractivity contribution in [2.75, 3.05) is 19.1 Å². The van der Waals surface area contributed by atoms with Gasteiger partial charge in [-0.25, -0.2) is 4.90 Å². The minimum Gasteiger partial charge on any atom is -0.508 e. The first kappa shape index (κ1) is 24.2. The monoisotopic (exact) mass is 516 g/mol. The minimum atomic E-state index is -1.24. The van der Waals surface area contributed by atoms with E-state index in [4.69, 9.17) is 9.47 Å². The number of ether oxygens (including phenoxy) is 2. The second kappa shape index (κ2) is 8.44. The molecule has 38 heavy (non-hydrogen) atoms. The summed E-state index contributed by atoms with van der Waals surface area (Å²) in [7, 11) is 2.92. The number of imide groups is 2. The van der Waals surface area contributed by atoms with Gasteiger partial charge in [-0.15, -0.1) is 0 Å². The van der Waals surface area contributed by atoms with Crippen LogP contribution >= 0.6 is 0 Å². The molecule has 0 unspecified atom stereocenters. The first-order valence-corrected chi connectivity index (χ1v) is 12.6. The largest absolute Gasteiger partial charge is 0.508 e. The zero-order valence-electron chi connectivity index (χ0n) is 21.3. The van der Waals surface area contributed by atoms with Crippen LogP contribution in [-0.2, 0) is 19.2 Å². The standard InChI is InChI=1S/C29H28N2O7/c1-29-19(27(35)31(28(29)36)14-7-5-4-6-8-14)13-18-16(9-10-17-22(18)26(34)30-25(17)33)24(29)23-20(37-2)11-15(32)12-21(23)38-3/h4-9,11-12,17-19,22,24,32H,10,13H2,1-3H3,(H,30,33,34)/t17-,18+,19-,22-,24+,29+/m0/s1. The molecule has 6 atom stereocenters. The van der Waals surface area contributed by atoms with Crippen molar-refractivity contribution in [1.82, 2.24) is 5.32 Å². The Morgan fingerprint density at radius 2 is 1.63 bits per heavy atom. The normalized spacial score (nSPS) is 31.8. The molecule has 3 fully saturated rings. The molecule has 4 amide bonds. The lowest BCUT2D eigenvalue weighted by Gasteiger charge is -2.49. The van der Waals surface area contributed by atoms with Crippen LogP contribution in [-0.4, -0.2) is 43.0 Å². The zero-order valence-corrected chi connectivity index (χ0v) is 21.3. The highest BCUT2D eigenvalue weighted by atomic mass is 16.5. The highest BCUT2D eigenvalue weighted by molar-refractivity contribution is 6.24. The molecule has 1 saturated carbocycles. The Morgan fingerprint density at radius 1 is 0.974 bits per heavy atom. The number of carbonyl (C=O) groups excluding carboxylic acids is 4.